The molecule has 0 heterocycles. The number of hydrogen-bond acceptors (Lipinski definition) is 4. The van der Waals surface area contributed by atoms with Crippen LogP contribution in [-0.2, 0) is 16.0 Å². The Balaban J connectivity index is 1.73. The zero-order chi connectivity index (χ0) is 16.7. The van der Waals surface area contributed by atoms with E-state index in [0.717, 1.165) is 5.56 Å². The number of amides is 1. The third-order valence-corrected chi connectivity index (χ3v) is 3.49. The van der Waals surface area contributed by atoms with Gasteiger partial charge < -0.3 is 15.8 Å². The second-order valence-electron chi connectivity index (χ2n) is 4.90. The van der Waals surface area contributed by atoms with Crippen molar-refractivity contribution in [2.75, 3.05) is 18.9 Å². The predicted molar refractivity (Wildman–Crippen MR) is 89.3 cm³/mol. The van der Waals surface area contributed by atoms with E-state index in [9.17, 15) is 9.59 Å². The Morgan fingerprint density at radius 3 is 2.57 bits per heavy atom. The Morgan fingerprint density at radius 1 is 1.13 bits per heavy atom. The Kier molecular flexibility index (Phi) is 6.00. The van der Waals surface area contributed by atoms with Gasteiger partial charge in [-0.05, 0) is 30.2 Å². The molecule has 0 aliphatic rings. The van der Waals surface area contributed by atoms with E-state index in [1.807, 2.05) is 30.3 Å². The maximum absolute atomic E-state index is 11.8. The maximum Gasteiger partial charge on any atom is 0.338 e. The van der Waals surface area contributed by atoms with Crippen molar-refractivity contribution in [2.45, 2.75) is 6.42 Å². The number of nitrogens with two attached hydrogens (primary N) is 1. The van der Waals surface area contributed by atoms with Crippen molar-refractivity contribution < 1.29 is 14.3 Å². The third kappa shape index (κ3) is 5.30. The lowest BCUT2D eigenvalue weighted by Crippen LogP contribution is -2.30. The summed E-state index contributed by atoms with van der Waals surface area (Å²) >= 11 is 5.78. The van der Waals surface area contributed by atoms with Crippen molar-refractivity contribution in [3.8, 4) is 0 Å². The summed E-state index contributed by atoms with van der Waals surface area (Å²) < 4.78 is 4.94. The SMILES string of the molecule is Nc1cc(C(=O)OCC(=O)NCCc2ccccc2)ccc1Cl. The fourth-order valence-corrected chi connectivity index (χ4v) is 2.04. The van der Waals surface area contributed by atoms with Crippen LogP contribution in [0.5, 0.6) is 0 Å². The number of ether oxygens (including phenoxy) is 1. The van der Waals surface area contributed by atoms with E-state index in [4.69, 9.17) is 22.1 Å². The minimum atomic E-state index is -0.619. The van der Waals surface area contributed by atoms with Gasteiger partial charge in [0.1, 0.15) is 0 Å². The van der Waals surface area contributed by atoms with Gasteiger partial charge in [0.25, 0.3) is 5.91 Å². The van der Waals surface area contributed by atoms with Gasteiger partial charge >= 0.3 is 5.97 Å². The van der Waals surface area contributed by atoms with Gasteiger partial charge in [0.2, 0.25) is 0 Å². The topological polar surface area (TPSA) is 81.4 Å². The number of hydrogen-bond donors (Lipinski definition) is 2. The van der Waals surface area contributed by atoms with Crippen LogP contribution in [0.3, 0.4) is 0 Å². The predicted octanol–water partition coefficient (Wildman–Crippen LogP) is 2.44. The lowest BCUT2D eigenvalue weighted by atomic mass is 10.1. The molecule has 0 saturated carbocycles. The van der Waals surface area contributed by atoms with Crippen LogP contribution in [0, 0.1) is 0 Å². The first-order valence-corrected chi connectivity index (χ1v) is 7.47. The molecule has 3 N–H and O–H groups in total. The zero-order valence-corrected chi connectivity index (χ0v) is 13.2. The molecular formula is C17H17ClN2O3. The van der Waals surface area contributed by atoms with Gasteiger partial charge in [-0.25, -0.2) is 4.79 Å². The van der Waals surface area contributed by atoms with Crippen LogP contribution < -0.4 is 11.1 Å². The van der Waals surface area contributed by atoms with Crippen LogP contribution in [-0.4, -0.2) is 25.0 Å². The Bertz CT molecular complexity index is 689. The molecule has 0 aliphatic carbocycles. The highest BCUT2D eigenvalue weighted by Gasteiger charge is 2.11. The van der Waals surface area contributed by atoms with Crippen LogP contribution in [0.1, 0.15) is 15.9 Å². The normalized spacial score (nSPS) is 10.1. The molecule has 0 spiro atoms. The van der Waals surface area contributed by atoms with Gasteiger partial charge in [-0.3, -0.25) is 4.79 Å². The fourth-order valence-electron chi connectivity index (χ4n) is 1.93. The fraction of sp³-hybridized carbons (Fsp3) is 0.176. The average Bonchev–Trinajstić information content (AvgIpc) is 2.56. The Labute approximate surface area is 139 Å². The number of halogens is 1. The molecule has 2 aromatic rings. The van der Waals surface area contributed by atoms with Crippen molar-refractivity contribution in [3.05, 3.63) is 64.7 Å². The molecule has 0 saturated heterocycles. The Morgan fingerprint density at radius 2 is 1.87 bits per heavy atom. The van der Waals surface area contributed by atoms with Crippen LogP contribution in [0.25, 0.3) is 0 Å². The number of benzene rings is 2. The second-order valence-corrected chi connectivity index (χ2v) is 5.31. The Hall–Kier alpha value is -2.53. The molecule has 2 aromatic carbocycles. The number of anilines is 1. The van der Waals surface area contributed by atoms with Crippen LogP contribution in [0.2, 0.25) is 5.02 Å². The molecule has 6 heteroatoms. The van der Waals surface area contributed by atoms with Crippen molar-refractivity contribution in [1.82, 2.24) is 5.32 Å². The van der Waals surface area contributed by atoms with E-state index in [-0.39, 0.29) is 23.8 Å². The summed E-state index contributed by atoms with van der Waals surface area (Å²) in [5, 5.41) is 3.06. The van der Waals surface area contributed by atoms with Crippen molar-refractivity contribution in [2.24, 2.45) is 0 Å². The molecule has 0 aliphatic heterocycles. The van der Waals surface area contributed by atoms with Gasteiger partial charge in [0.15, 0.2) is 6.61 Å². The highest BCUT2D eigenvalue weighted by Crippen LogP contribution is 2.19. The number of esters is 1. The molecule has 0 atom stereocenters. The molecule has 1 amide bonds. The maximum atomic E-state index is 11.8. The molecule has 0 radical (unpaired) electrons. The number of nitrogen functional groups attached to an aromatic ring is 1. The summed E-state index contributed by atoms with van der Waals surface area (Å²) in [6.07, 6.45) is 0.717. The summed E-state index contributed by atoms with van der Waals surface area (Å²) in [4.78, 5) is 23.5. The van der Waals surface area contributed by atoms with E-state index in [1.54, 1.807) is 0 Å². The molecule has 5 nitrogen and oxygen atoms in total. The van der Waals surface area contributed by atoms with Gasteiger partial charge in [-0.2, -0.15) is 0 Å². The summed E-state index contributed by atoms with van der Waals surface area (Å²) in [6, 6.07) is 14.2. The standard InChI is InChI=1S/C17H17ClN2O3/c18-14-7-6-13(10-15(14)19)17(22)23-11-16(21)20-9-8-12-4-2-1-3-5-12/h1-7,10H,8-9,11,19H2,(H,20,21). The molecule has 0 aromatic heterocycles. The van der Waals surface area contributed by atoms with Crippen molar-refractivity contribution in [3.63, 3.8) is 0 Å². The number of carbonyl (C=O) groups is 2. The van der Waals surface area contributed by atoms with Crippen molar-refractivity contribution in [1.29, 1.82) is 0 Å². The van der Waals surface area contributed by atoms with Crippen molar-refractivity contribution >= 4 is 29.2 Å². The van der Waals surface area contributed by atoms with E-state index >= 15 is 0 Å². The van der Waals surface area contributed by atoms with Crippen LogP contribution in [0.4, 0.5) is 5.69 Å². The van der Waals surface area contributed by atoms with Crippen LogP contribution in [0.15, 0.2) is 48.5 Å². The number of nitrogens with one attached hydrogen (secondary N) is 1. The second kappa shape index (κ2) is 8.19. The first-order valence-electron chi connectivity index (χ1n) is 7.09. The highest BCUT2D eigenvalue weighted by molar-refractivity contribution is 6.33. The van der Waals surface area contributed by atoms with E-state index in [1.165, 1.54) is 18.2 Å². The van der Waals surface area contributed by atoms with Crippen LogP contribution >= 0.6 is 11.6 Å². The largest absolute Gasteiger partial charge is 0.452 e. The molecule has 0 bridgehead atoms. The summed E-state index contributed by atoms with van der Waals surface area (Å²) in [6.45, 7) is 0.143. The average molecular weight is 333 g/mol. The monoisotopic (exact) mass is 332 g/mol. The van der Waals surface area contributed by atoms with Gasteiger partial charge in [0.05, 0.1) is 16.3 Å². The highest BCUT2D eigenvalue weighted by atomic mass is 35.5. The van der Waals surface area contributed by atoms with Gasteiger partial charge in [-0.1, -0.05) is 41.9 Å². The smallest absolute Gasteiger partial charge is 0.338 e. The van der Waals surface area contributed by atoms with Gasteiger partial charge in [-0.15, -0.1) is 0 Å². The zero-order valence-electron chi connectivity index (χ0n) is 12.4. The molecule has 0 unspecified atom stereocenters. The third-order valence-electron chi connectivity index (χ3n) is 3.14. The van der Waals surface area contributed by atoms with Gasteiger partial charge in [0, 0.05) is 6.54 Å². The van der Waals surface area contributed by atoms with E-state index in [0.29, 0.717) is 18.0 Å². The quantitative estimate of drug-likeness (QED) is 0.629. The first-order chi connectivity index (χ1) is 11.1. The van der Waals surface area contributed by atoms with E-state index < -0.39 is 5.97 Å². The minimum Gasteiger partial charge on any atom is -0.452 e. The summed E-state index contributed by atoms with van der Waals surface area (Å²) in [5.41, 5.74) is 7.28. The number of rotatable bonds is 6. The molecule has 23 heavy (non-hydrogen) atoms. The minimum absolute atomic E-state index is 0.254. The molecule has 120 valence electrons. The molecule has 2 rings (SSSR count). The lowest BCUT2D eigenvalue weighted by molar-refractivity contribution is -0.124. The lowest BCUT2D eigenvalue weighted by Gasteiger charge is -2.07. The summed E-state index contributed by atoms with van der Waals surface area (Å²) in [7, 11) is 0. The summed E-state index contributed by atoms with van der Waals surface area (Å²) in [5.74, 6) is -0.970. The molecule has 0 fully saturated rings. The molecular weight excluding hydrogens is 316 g/mol. The first kappa shape index (κ1) is 16.8. The van der Waals surface area contributed by atoms with E-state index in [2.05, 4.69) is 5.32 Å². The number of carbonyl (C=O) groups excluding carboxylic acids is 2.